The lowest BCUT2D eigenvalue weighted by Gasteiger charge is -2.14. The average molecular weight is 398 g/mol. The summed E-state index contributed by atoms with van der Waals surface area (Å²) < 4.78 is 67.3. The van der Waals surface area contributed by atoms with E-state index in [1.807, 2.05) is 0 Å². The van der Waals surface area contributed by atoms with Crippen molar-refractivity contribution in [1.29, 1.82) is 0 Å². The highest BCUT2D eigenvalue weighted by Crippen LogP contribution is 2.36. The van der Waals surface area contributed by atoms with Gasteiger partial charge in [-0.15, -0.1) is 13.2 Å². The van der Waals surface area contributed by atoms with Gasteiger partial charge in [-0.05, 0) is 22.6 Å². The van der Waals surface area contributed by atoms with Crippen LogP contribution >= 0.6 is 22.6 Å². The molecule has 0 saturated carbocycles. The molecule has 0 amide bonds. The molecule has 0 unspecified atom stereocenters. The third kappa shape index (κ3) is 3.58. The summed E-state index contributed by atoms with van der Waals surface area (Å²) in [5.41, 5.74) is 0. The monoisotopic (exact) mass is 398 g/mol. The van der Waals surface area contributed by atoms with Crippen molar-refractivity contribution in [3.63, 3.8) is 0 Å². The number of hydrogen-bond acceptors (Lipinski definition) is 5. The van der Waals surface area contributed by atoms with Crippen LogP contribution in [0.2, 0.25) is 0 Å². The number of hydrogen-bond donors (Lipinski definition) is 1. The first-order valence-electron chi connectivity index (χ1n) is 4.07. The van der Waals surface area contributed by atoms with Crippen LogP contribution in [0.3, 0.4) is 0 Å². The molecular weight excluding hydrogens is 392 g/mol. The number of sulfonamides is 1. The molecule has 0 aromatic carbocycles. The molecular formula is C7H6F3IN2O4S. The zero-order valence-corrected chi connectivity index (χ0v) is 11.6. The van der Waals surface area contributed by atoms with Gasteiger partial charge in [0.05, 0.1) is 10.7 Å². The number of nitrogens with zero attached hydrogens (tertiary/aromatic N) is 1. The number of rotatable bonds is 3. The van der Waals surface area contributed by atoms with Crippen LogP contribution in [0.5, 0.6) is 11.6 Å². The predicted octanol–water partition coefficient (Wildman–Crippen LogP) is 1.24. The van der Waals surface area contributed by atoms with Crippen molar-refractivity contribution in [2.75, 3.05) is 7.11 Å². The van der Waals surface area contributed by atoms with E-state index in [2.05, 4.69) is 9.72 Å². The third-order valence-electron chi connectivity index (χ3n) is 1.61. The summed E-state index contributed by atoms with van der Waals surface area (Å²) in [7, 11) is -3.40. The largest absolute Gasteiger partial charge is 0.574 e. The second-order valence-electron chi connectivity index (χ2n) is 2.87. The van der Waals surface area contributed by atoms with Crippen LogP contribution in [0.15, 0.2) is 11.1 Å². The molecule has 1 aromatic rings. The topological polar surface area (TPSA) is 91.5 Å². The van der Waals surface area contributed by atoms with E-state index in [1.165, 1.54) is 0 Å². The van der Waals surface area contributed by atoms with Crippen molar-refractivity contribution in [3.8, 4) is 11.6 Å². The lowest BCUT2D eigenvalue weighted by molar-refractivity contribution is -0.277. The van der Waals surface area contributed by atoms with Gasteiger partial charge in [0.2, 0.25) is 15.9 Å². The number of halogens is 4. The number of primary sulfonamides is 1. The van der Waals surface area contributed by atoms with Gasteiger partial charge in [0.1, 0.15) is 0 Å². The fraction of sp³-hybridized carbons (Fsp3) is 0.286. The number of methoxy groups -OCH3 is 1. The van der Waals surface area contributed by atoms with Gasteiger partial charge in [0.25, 0.3) is 0 Å². The molecule has 0 spiro atoms. The Morgan fingerprint density at radius 1 is 1.44 bits per heavy atom. The molecule has 102 valence electrons. The van der Waals surface area contributed by atoms with Crippen LogP contribution in [0.25, 0.3) is 0 Å². The molecule has 0 bridgehead atoms. The smallest absolute Gasteiger partial charge is 0.494 e. The first-order chi connectivity index (χ1) is 8.06. The Hall–Kier alpha value is -0.820. The maximum atomic E-state index is 12.1. The molecule has 6 nitrogen and oxygen atoms in total. The van der Waals surface area contributed by atoms with Crippen LogP contribution in [0, 0.1) is 3.57 Å². The van der Waals surface area contributed by atoms with Gasteiger partial charge in [-0.3, -0.25) is 0 Å². The molecule has 0 radical (unpaired) electrons. The maximum Gasteiger partial charge on any atom is 0.574 e. The molecule has 2 N–H and O–H groups in total. The van der Waals surface area contributed by atoms with Crippen molar-refractivity contribution in [2.24, 2.45) is 5.14 Å². The Morgan fingerprint density at radius 3 is 2.39 bits per heavy atom. The van der Waals surface area contributed by atoms with E-state index >= 15 is 0 Å². The molecule has 0 saturated heterocycles. The summed E-state index contributed by atoms with van der Waals surface area (Å²) in [5, 5.41) is 4.82. The molecule has 11 heteroatoms. The second kappa shape index (κ2) is 5.05. The Labute approximate surface area is 113 Å². The molecule has 1 heterocycles. The van der Waals surface area contributed by atoms with E-state index < -0.39 is 27.2 Å². The molecule has 0 aliphatic rings. The quantitative estimate of drug-likeness (QED) is 0.774. The number of ether oxygens (including phenoxy) is 2. The summed E-state index contributed by atoms with van der Waals surface area (Å²) in [6.07, 6.45) is -4.13. The van der Waals surface area contributed by atoms with Gasteiger partial charge in [-0.1, -0.05) is 0 Å². The van der Waals surface area contributed by atoms with Crippen LogP contribution in [-0.2, 0) is 10.0 Å². The zero-order chi connectivity index (χ0) is 14.1. The Balaban J connectivity index is 3.54. The first kappa shape index (κ1) is 15.2. The standard InChI is InChI=1S/C7H6F3IN2O4S/c1-16-4-3(11)2-13-6(17-7(8,9)10)5(4)18(12,14)15/h2H,1H3,(H2,12,14,15). The van der Waals surface area contributed by atoms with E-state index in [0.717, 1.165) is 13.3 Å². The minimum absolute atomic E-state index is 0.175. The average Bonchev–Trinajstić information content (AvgIpc) is 2.16. The number of pyridine rings is 1. The van der Waals surface area contributed by atoms with E-state index in [4.69, 9.17) is 9.88 Å². The lowest BCUT2D eigenvalue weighted by Crippen LogP contribution is -2.22. The minimum Gasteiger partial charge on any atom is -0.494 e. The first-order valence-corrected chi connectivity index (χ1v) is 6.70. The molecule has 18 heavy (non-hydrogen) atoms. The van der Waals surface area contributed by atoms with Gasteiger partial charge in [-0.2, -0.15) is 0 Å². The highest BCUT2D eigenvalue weighted by Gasteiger charge is 2.36. The highest BCUT2D eigenvalue weighted by atomic mass is 127. The van der Waals surface area contributed by atoms with Gasteiger partial charge in [-0.25, -0.2) is 18.5 Å². The maximum absolute atomic E-state index is 12.1. The van der Waals surface area contributed by atoms with Crippen molar-refractivity contribution < 1.29 is 31.1 Å². The van der Waals surface area contributed by atoms with Crippen molar-refractivity contribution in [3.05, 3.63) is 9.77 Å². The van der Waals surface area contributed by atoms with Crippen LogP contribution in [0.4, 0.5) is 13.2 Å². The molecule has 0 fully saturated rings. The zero-order valence-electron chi connectivity index (χ0n) is 8.66. The van der Waals surface area contributed by atoms with E-state index in [-0.39, 0.29) is 9.32 Å². The lowest BCUT2D eigenvalue weighted by atomic mass is 10.4. The fourth-order valence-corrected chi connectivity index (χ4v) is 2.66. The Bertz CT molecular complexity index is 561. The van der Waals surface area contributed by atoms with E-state index in [1.54, 1.807) is 22.6 Å². The molecule has 0 aliphatic carbocycles. The van der Waals surface area contributed by atoms with Crippen molar-refractivity contribution in [2.45, 2.75) is 11.3 Å². The van der Waals surface area contributed by atoms with E-state index in [9.17, 15) is 21.6 Å². The van der Waals surface area contributed by atoms with Crippen LogP contribution in [0.1, 0.15) is 0 Å². The predicted molar refractivity (Wildman–Crippen MR) is 61.6 cm³/mol. The number of alkyl halides is 3. The minimum atomic E-state index is -5.09. The van der Waals surface area contributed by atoms with Crippen LogP contribution < -0.4 is 14.6 Å². The molecule has 1 aromatic heterocycles. The molecule has 0 aliphatic heterocycles. The van der Waals surface area contributed by atoms with E-state index in [0.29, 0.717) is 0 Å². The Kier molecular flexibility index (Phi) is 4.27. The SMILES string of the molecule is COc1c(I)cnc(OC(F)(F)F)c1S(N)(=O)=O. The van der Waals surface area contributed by atoms with Gasteiger partial charge in [0, 0.05) is 6.20 Å². The Morgan fingerprint density at radius 2 is 2.00 bits per heavy atom. The molecule has 1 rings (SSSR count). The van der Waals surface area contributed by atoms with Gasteiger partial charge < -0.3 is 9.47 Å². The number of nitrogens with two attached hydrogens (primary N) is 1. The van der Waals surface area contributed by atoms with Gasteiger partial charge in [0.15, 0.2) is 10.6 Å². The van der Waals surface area contributed by atoms with Crippen molar-refractivity contribution >= 4 is 32.6 Å². The highest BCUT2D eigenvalue weighted by molar-refractivity contribution is 14.1. The third-order valence-corrected chi connectivity index (χ3v) is 3.31. The summed E-state index contributed by atoms with van der Waals surface area (Å²) in [6, 6.07) is 0. The summed E-state index contributed by atoms with van der Waals surface area (Å²) in [6.45, 7) is 0. The summed E-state index contributed by atoms with van der Waals surface area (Å²) >= 11 is 1.64. The second-order valence-corrected chi connectivity index (χ2v) is 5.53. The summed E-state index contributed by atoms with van der Waals surface area (Å²) in [5.74, 6) is -1.53. The number of aromatic nitrogens is 1. The van der Waals surface area contributed by atoms with Crippen LogP contribution in [-0.4, -0.2) is 26.9 Å². The van der Waals surface area contributed by atoms with Crippen molar-refractivity contribution in [1.82, 2.24) is 4.98 Å². The summed E-state index contributed by atoms with van der Waals surface area (Å²) in [4.78, 5) is 2.30. The van der Waals surface area contributed by atoms with Gasteiger partial charge >= 0.3 is 6.36 Å². The molecule has 0 atom stereocenters. The fourth-order valence-electron chi connectivity index (χ4n) is 1.06. The normalized spacial score (nSPS) is 12.3.